The highest BCUT2D eigenvalue weighted by molar-refractivity contribution is 5.53. The maximum absolute atomic E-state index is 5.76. The number of hydrogen-bond donors (Lipinski definition) is 1. The Morgan fingerprint density at radius 3 is 2.86 bits per heavy atom. The number of ether oxygens (including phenoxy) is 2. The lowest BCUT2D eigenvalue weighted by Gasteiger charge is -2.05. The Bertz CT molecular complexity index is 357. The zero-order chi connectivity index (χ0) is 9.54. The van der Waals surface area contributed by atoms with Crippen LogP contribution >= 0.6 is 0 Å². The van der Waals surface area contributed by atoms with Crippen LogP contribution in [0.5, 0.6) is 11.6 Å². The lowest BCUT2D eigenvalue weighted by atomic mass is 10.5. The standard InChI is InChI=1S/C9H13N3O2/c10-8-7-9(14-5-1-4-13-7)12(11-8)6-2-3-6/h6H,1-5H2,(H2,10,11). The van der Waals surface area contributed by atoms with Gasteiger partial charge in [0.2, 0.25) is 5.75 Å². The van der Waals surface area contributed by atoms with E-state index >= 15 is 0 Å². The molecular weight excluding hydrogens is 182 g/mol. The van der Waals surface area contributed by atoms with Gasteiger partial charge in [0.25, 0.3) is 5.88 Å². The van der Waals surface area contributed by atoms with Crippen molar-refractivity contribution in [1.82, 2.24) is 9.78 Å². The smallest absolute Gasteiger partial charge is 0.258 e. The molecule has 1 saturated carbocycles. The number of nitrogen functional groups attached to an aromatic ring is 1. The summed E-state index contributed by atoms with van der Waals surface area (Å²) in [7, 11) is 0. The Morgan fingerprint density at radius 2 is 2.07 bits per heavy atom. The summed E-state index contributed by atoms with van der Waals surface area (Å²) >= 11 is 0. The minimum atomic E-state index is 0.453. The van der Waals surface area contributed by atoms with Crippen LogP contribution in [0.2, 0.25) is 0 Å². The number of aromatic nitrogens is 2. The van der Waals surface area contributed by atoms with E-state index in [1.807, 2.05) is 4.68 Å². The quantitative estimate of drug-likeness (QED) is 0.725. The van der Waals surface area contributed by atoms with Crippen LogP contribution < -0.4 is 15.2 Å². The number of hydrogen-bond acceptors (Lipinski definition) is 4. The summed E-state index contributed by atoms with van der Waals surface area (Å²) in [5.74, 6) is 1.81. The van der Waals surface area contributed by atoms with Gasteiger partial charge in [0, 0.05) is 6.42 Å². The number of nitrogens with zero attached hydrogens (tertiary/aromatic N) is 2. The van der Waals surface area contributed by atoms with Crippen LogP contribution in [-0.4, -0.2) is 23.0 Å². The molecule has 0 saturated heterocycles. The van der Waals surface area contributed by atoms with E-state index in [0.29, 0.717) is 30.8 Å². The molecule has 5 heteroatoms. The number of nitrogens with two attached hydrogens (primary N) is 1. The lowest BCUT2D eigenvalue weighted by Crippen LogP contribution is -2.04. The monoisotopic (exact) mass is 195 g/mol. The van der Waals surface area contributed by atoms with E-state index in [1.165, 1.54) is 0 Å². The van der Waals surface area contributed by atoms with Gasteiger partial charge in [0.05, 0.1) is 19.3 Å². The van der Waals surface area contributed by atoms with Gasteiger partial charge in [-0.15, -0.1) is 5.10 Å². The second-order valence-electron chi connectivity index (χ2n) is 3.75. The molecule has 0 bridgehead atoms. The van der Waals surface area contributed by atoms with Crippen molar-refractivity contribution in [1.29, 1.82) is 0 Å². The molecule has 1 aliphatic heterocycles. The molecule has 2 N–H and O–H groups in total. The Kier molecular flexibility index (Phi) is 1.59. The van der Waals surface area contributed by atoms with E-state index in [9.17, 15) is 0 Å². The van der Waals surface area contributed by atoms with Crippen molar-refractivity contribution in [3.8, 4) is 11.6 Å². The van der Waals surface area contributed by atoms with Gasteiger partial charge in [-0.25, -0.2) is 4.68 Å². The Morgan fingerprint density at radius 1 is 1.29 bits per heavy atom. The highest BCUT2D eigenvalue weighted by Gasteiger charge is 2.32. The molecule has 0 spiro atoms. The van der Waals surface area contributed by atoms with Crippen LogP contribution in [0.4, 0.5) is 5.82 Å². The third-order valence-electron chi connectivity index (χ3n) is 2.52. The minimum absolute atomic E-state index is 0.453. The largest absolute Gasteiger partial charge is 0.485 e. The van der Waals surface area contributed by atoms with Gasteiger partial charge in [0.15, 0.2) is 5.82 Å². The van der Waals surface area contributed by atoms with Crippen molar-refractivity contribution in [2.24, 2.45) is 0 Å². The van der Waals surface area contributed by atoms with Crippen LogP contribution in [0.15, 0.2) is 0 Å². The fraction of sp³-hybridized carbons (Fsp3) is 0.667. The highest BCUT2D eigenvalue weighted by Crippen LogP contribution is 2.44. The van der Waals surface area contributed by atoms with Gasteiger partial charge < -0.3 is 15.2 Å². The second kappa shape index (κ2) is 2.80. The molecule has 2 heterocycles. The molecule has 1 aromatic rings. The van der Waals surface area contributed by atoms with Crippen molar-refractivity contribution in [3.63, 3.8) is 0 Å². The normalized spacial score (nSPS) is 20.6. The van der Waals surface area contributed by atoms with E-state index in [0.717, 1.165) is 25.1 Å². The minimum Gasteiger partial charge on any atom is -0.485 e. The molecule has 2 aliphatic rings. The summed E-state index contributed by atoms with van der Waals surface area (Å²) in [6.07, 6.45) is 3.23. The lowest BCUT2D eigenvalue weighted by molar-refractivity contribution is 0.278. The Hall–Kier alpha value is -1.39. The third kappa shape index (κ3) is 1.12. The van der Waals surface area contributed by atoms with Crippen molar-refractivity contribution in [3.05, 3.63) is 0 Å². The van der Waals surface area contributed by atoms with E-state index in [-0.39, 0.29) is 0 Å². The molecule has 14 heavy (non-hydrogen) atoms. The topological polar surface area (TPSA) is 62.3 Å². The Balaban J connectivity index is 2.04. The molecule has 76 valence electrons. The molecule has 5 nitrogen and oxygen atoms in total. The zero-order valence-corrected chi connectivity index (χ0v) is 7.90. The predicted molar refractivity (Wildman–Crippen MR) is 50.5 cm³/mol. The van der Waals surface area contributed by atoms with Crippen LogP contribution in [0, 0.1) is 0 Å². The number of rotatable bonds is 1. The van der Waals surface area contributed by atoms with Gasteiger partial charge in [-0.2, -0.15) is 0 Å². The van der Waals surface area contributed by atoms with Crippen molar-refractivity contribution >= 4 is 5.82 Å². The van der Waals surface area contributed by atoms with E-state index < -0.39 is 0 Å². The number of anilines is 1. The Labute approximate surface area is 81.8 Å². The molecule has 1 aromatic heterocycles. The molecule has 0 radical (unpaired) electrons. The number of fused-ring (bicyclic) bond motifs is 1. The molecule has 3 rings (SSSR count). The molecule has 0 unspecified atom stereocenters. The molecule has 0 atom stereocenters. The second-order valence-corrected chi connectivity index (χ2v) is 3.75. The van der Waals surface area contributed by atoms with Crippen molar-refractivity contribution in [2.45, 2.75) is 25.3 Å². The summed E-state index contributed by atoms with van der Waals surface area (Å²) in [4.78, 5) is 0. The summed E-state index contributed by atoms with van der Waals surface area (Å²) in [6.45, 7) is 1.35. The molecule has 0 aromatic carbocycles. The first-order chi connectivity index (χ1) is 6.86. The first-order valence-corrected chi connectivity index (χ1v) is 5.00. The van der Waals surface area contributed by atoms with Gasteiger partial charge in [-0.05, 0) is 12.8 Å². The van der Waals surface area contributed by atoms with Crippen molar-refractivity contribution < 1.29 is 9.47 Å². The van der Waals surface area contributed by atoms with Crippen LogP contribution in [0.1, 0.15) is 25.3 Å². The van der Waals surface area contributed by atoms with Gasteiger partial charge in [0.1, 0.15) is 0 Å². The molecule has 0 amide bonds. The fourth-order valence-electron chi connectivity index (χ4n) is 1.66. The van der Waals surface area contributed by atoms with Gasteiger partial charge >= 0.3 is 0 Å². The fourth-order valence-corrected chi connectivity index (χ4v) is 1.66. The third-order valence-corrected chi connectivity index (χ3v) is 2.52. The SMILES string of the molecule is Nc1nn(C2CC2)c2c1OCCCO2. The molecule has 1 aliphatic carbocycles. The summed E-state index contributed by atoms with van der Waals surface area (Å²) in [5.41, 5.74) is 5.76. The highest BCUT2D eigenvalue weighted by atomic mass is 16.5. The van der Waals surface area contributed by atoms with Crippen LogP contribution in [-0.2, 0) is 0 Å². The molecular formula is C9H13N3O2. The van der Waals surface area contributed by atoms with E-state index in [2.05, 4.69) is 5.10 Å². The first-order valence-electron chi connectivity index (χ1n) is 5.00. The average molecular weight is 195 g/mol. The van der Waals surface area contributed by atoms with E-state index in [4.69, 9.17) is 15.2 Å². The van der Waals surface area contributed by atoms with Crippen LogP contribution in [0.25, 0.3) is 0 Å². The maximum atomic E-state index is 5.76. The first kappa shape index (κ1) is 7.96. The summed E-state index contributed by atoms with van der Waals surface area (Å²) in [6, 6.07) is 0.475. The zero-order valence-electron chi connectivity index (χ0n) is 7.90. The summed E-state index contributed by atoms with van der Waals surface area (Å²) in [5, 5.41) is 4.24. The van der Waals surface area contributed by atoms with Gasteiger partial charge in [-0.3, -0.25) is 0 Å². The predicted octanol–water partition coefficient (Wildman–Crippen LogP) is 0.961. The van der Waals surface area contributed by atoms with Crippen LogP contribution in [0.3, 0.4) is 0 Å². The summed E-state index contributed by atoms with van der Waals surface area (Å²) < 4.78 is 13.0. The van der Waals surface area contributed by atoms with E-state index in [1.54, 1.807) is 0 Å². The van der Waals surface area contributed by atoms with Crippen molar-refractivity contribution in [2.75, 3.05) is 18.9 Å². The average Bonchev–Trinajstić information content (AvgIpc) is 2.99. The molecule has 1 fully saturated rings. The maximum Gasteiger partial charge on any atom is 0.258 e. The van der Waals surface area contributed by atoms with Gasteiger partial charge in [-0.1, -0.05) is 0 Å².